The maximum atomic E-state index is 4.47. The molecule has 25 heteroatoms. The first-order valence-electron chi connectivity index (χ1n) is 54.0. The number of rotatable bonds is 16. The van der Waals surface area contributed by atoms with Crippen molar-refractivity contribution in [1.29, 1.82) is 0 Å². The van der Waals surface area contributed by atoms with Gasteiger partial charge in [0.25, 0.3) is 0 Å². The van der Waals surface area contributed by atoms with Crippen molar-refractivity contribution in [3.05, 3.63) is 312 Å². The number of hydrogen-bond donors (Lipinski definition) is 0. The van der Waals surface area contributed by atoms with Gasteiger partial charge in [0.05, 0.1) is 53.6 Å². The van der Waals surface area contributed by atoms with Crippen molar-refractivity contribution in [3.8, 4) is 0 Å². The second-order valence-electron chi connectivity index (χ2n) is 43.5. The number of aromatic nitrogens is 17. The summed E-state index contributed by atoms with van der Waals surface area (Å²) in [6.45, 7) is 112. The lowest BCUT2D eigenvalue weighted by atomic mass is 10.1. The van der Waals surface area contributed by atoms with Crippen LogP contribution in [0.5, 0.6) is 0 Å². The van der Waals surface area contributed by atoms with Gasteiger partial charge in [0, 0.05) is 194 Å². The minimum absolute atomic E-state index is 0.521. The number of nitrogens with zero attached hydrogens (tertiary/aromatic N) is 17. The van der Waals surface area contributed by atoms with Crippen LogP contribution in [0.15, 0.2) is 150 Å². The van der Waals surface area contributed by atoms with Gasteiger partial charge in [-0.05, 0) is 366 Å². The van der Waals surface area contributed by atoms with Crippen LogP contribution in [0.4, 0.5) is 0 Å². The minimum atomic E-state index is 0.521. The molecule has 16 heterocycles. The molecule has 0 aliphatic heterocycles. The average Bonchev–Trinajstić information content (AvgIpc) is 1.69. The Labute approximate surface area is 945 Å². The van der Waals surface area contributed by atoms with Crippen LogP contribution >= 0.6 is 90.7 Å². The number of thiazole rings is 1. The maximum Gasteiger partial charge on any atom is 0.111 e. The molecular weight excluding hydrogens is 2000 g/mol. The molecule has 0 saturated heterocycles. The predicted octanol–water partition coefficient (Wildman–Crippen LogP) is 40.4. The SMILES string of the molecule is CC(C)c1cccs1.CC(C)c1cncs1.CC(C)n1ccnc1.Cc1cc(C(C)C)sc1C.Cc1cc(C)c(C(C)C)s1.Cc1ccc(C(C)C)s1.Cc1ccsc1C(C)C.Cc1cn(C(C)C)cn1.Cc1cnc(C(C)C)n1C.Cc1cncn1C(C)C.Cc1csc(C(C)C)c1.Cc1csc(C(C)C)c1C.Cc1nc(C(C)C)n(C)c1C.Cc1nc(C)n(C(C)C)c1C.Cc1nccn1C(C)C.Cc1ncn(C(C)C)c1C. The molecular formula is C125H203N17S8. The lowest BCUT2D eigenvalue weighted by Crippen LogP contribution is -2.04. The second-order valence-corrected chi connectivity index (χ2v) is 52.1. The molecule has 16 rings (SSSR count). The molecule has 0 atom stereocenters. The van der Waals surface area contributed by atoms with Crippen LogP contribution in [0.2, 0.25) is 0 Å². The number of hydrogen-bond acceptors (Lipinski definition) is 17. The Morgan fingerprint density at radius 3 is 1.08 bits per heavy atom. The van der Waals surface area contributed by atoms with E-state index in [4.69, 9.17) is 0 Å². The highest BCUT2D eigenvalue weighted by molar-refractivity contribution is 7.13. The van der Waals surface area contributed by atoms with Crippen LogP contribution in [-0.4, -0.2) is 81.4 Å². The number of imidazole rings is 8. The second kappa shape index (κ2) is 71.3. The largest absolute Gasteiger partial charge is 0.335 e. The molecule has 16 aromatic rings. The van der Waals surface area contributed by atoms with Gasteiger partial charge in [0.1, 0.15) is 23.3 Å². The van der Waals surface area contributed by atoms with Crippen molar-refractivity contribution in [3.63, 3.8) is 0 Å². The predicted molar refractivity (Wildman–Crippen MR) is 670 cm³/mol. The quantitative estimate of drug-likeness (QED) is 0.0919. The summed E-state index contributed by atoms with van der Waals surface area (Å²) >= 11 is 14.9. The number of aryl methyl sites for hydroxylation is 16. The zero-order valence-electron chi connectivity index (χ0n) is 104. The van der Waals surface area contributed by atoms with Crippen LogP contribution in [0.1, 0.15) is 479 Å². The molecule has 0 saturated carbocycles. The summed E-state index contributed by atoms with van der Waals surface area (Å²) in [5.74, 6) is 11.1. The standard InChI is InChI=1S/2C9H16N2.3C9H14S.2C8H14N2.3C8H12S.3C7H12N2.C7H10S.C6H10N2.C6H9NS/c1-6(2)9-10-7(3)8(4)11(9)5;1-6(2)11-8(4)7(3)10-9(11)5;1-6(2)9-8(4)7(3)5-10-9;1-6(2)9-5-7(3)8(4)10-9;1-6(2)9-7(3)5-8(4)10-9;1-6(2)10-5-9-7(3)8(10)4;1-6(2)8-9-5-7(3)10(8)4;1-6(2)8-4-7(3)5-9-8;1-6(2)8-7(3)4-5-9-8;1-6(2)8-5-4-7(3)9-8;1-6(2)9-4-7(3)8-5-9;1-6(2)9-5-8-4-7(9)3;1-6(2)9-5-4-8-7(9)3;1-6(2)7-4-3-5-8-7;1-6(2)8-4-3-7-5-8;1-5(2)6-3-7-4-8-6/h2*6H,1-5H3;5*5-6H,1-4H3;6*4-6H,1-3H3;2*3-6H,1-2H3;3-5H,1-2H3. The van der Waals surface area contributed by atoms with Gasteiger partial charge in [-0.3, -0.25) is 4.98 Å². The van der Waals surface area contributed by atoms with E-state index in [9.17, 15) is 0 Å². The van der Waals surface area contributed by atoms with E-state index in [2.05, 4.69) is 505 Å². The Morgan fingerprint density at radius 2 is 0.867 bits per heavy atom. The average molecular weight is 2200 g/mol. The van der Waals surface area contributed by atoms with Crippen molar-refractivity contribution in [2.75, 3.05) is 0 Å². The Balaban J connectivity index is 0.000000801. The first-order chi connectivity index (χ1) is 69.8. The Bertz CT molecular complexity index is 5720. The molecule has 0 aromatic carbocycles. The van der Waals surface area contributed by atoms with E-state index >= 15 is 0 Å². The molecule has 150 heavy (non-hydrogen) atoms. The van der Waals surface area contributed by atoms with Crippen molar-refractivity contribution >= 4 is 90.7 Å². The van der Waals surface area contributed by atoms with Crippen molar-refractivity contribution < 1.29 is 0 Å². The summed E-state index contributed by atoms with van der Waals surface area (Å²) < 4.78 is 17.2. The number of thiophene rings is 7. The van der Waals surface area contributed by atoms with Crippen LogP contribution in [-0.2, 0) is 14.1 Å². The van der Waals surface area contributed by atoms with E-state index in [1.54, 1.807) is 17.5 Å². The van der Waals surface area contributed by atoms with Crippen LogP contribution in [0.25, 0.3) is 0 Å². The molecule has 0 aliphatic rings. The summed E-state index contributed by atoms with van der Waals surface area (Å²) in [7, 11) is 4.13. The van der Waals surface area contributed by atoms with Crippen molar-refractivity contribution in [2.24, 2.45) is 14.1 Å². The third-order valence-corrected chi connectivity index (χ3v) is 35.2. The molecule has 0 bridgehead atoms. The van der Waals surface area contributed by atoms with Crippen LogP contribution < -0.4 is 0 Å². The van der Waals surface area contributed by atoms with Gasteiger partial charge in [0.2, 0.25) is 0 Å². The highest BCUT2D eigenvalue weighted by Crippen LogP contribution is 2.33. The first-order valence-corrected chi connectivity index (χ1v) is 60.9. The summed E-state index contributed by atoms with van der Waals surface area (Å²) in [5, 5.41) is 8.72. The topological polar surface area (TPSA) is 155 Å². The third-order valence-electron chi connectivity index (χ3n) is 24.6. The molecule has 0 fully saturated rings. The van der Waals surface area contributed by atoms with Crippen LogP contribution in [0.3, 0.4) is 0 Å². The maximum absolute atomic E-state index is 4.47. The smallest absolute Gasteiger partial charge is 0.111 e. The lowest BCUT2D eigenvalue weighted by Gasteiger charge is -2.11. The van der Waals surface area contributed by atoms with Gasteiger partial charge in [0.15, 0.2) is 0 Å². The zero-order valence-corrected chi connectivity index (χ0v) is 110. The third kappa shape index (κ3) is 51.1. The van der Waals surface area contributed by atoms with E-state index in [-0.39, 0.29) is 0 Å². The molecule has 16 aromatic heterocycles. The van der Waals surface area contributed by atoms with E-state index in [1.165, 1.54) is 121 Å². The minimum Gasteiger partial charge on any atom is -0.335 e. The molecule has 836 valence electrons. The van der Waals surface area contributed by atoms with E-state index in [0.29, 0.717) is 95.4 Å². The molecule has 0 radical (unpaired) electrons. The van der Waals surface area contributed by atoms with E-state index in [0.717, 1.165) is 40.2 Å². The highest BCUT2D eigenvalue weighted by atomic mass is 32.1. The Kier molecular flexibility index (Phi) is 66.2. The monoisotopic (exact) mass is 2200 g/mol. The van der Waals surface area contributed by atoms with Gasteiger partial charge in [-0.15, -0.1) is 90.7 Å². The summed E-state index contributed by atoms with van der Waals surface area (Å²) in [4.78, 5) is 53.7. The molecule has 0 amide bonds. The summed E-state index contributed by atoms with van der Waals surface area (Å²) in [6, 6.07) is 20.9. The molecule has 17 nitrogen and oxygen atoms in total. The Hall–Kier alpha value is -8.79. The fourth-order valence-corrected chi connectivity index (χ4v) is 22.2. The van der Waals surface area contributed by atoms with Crippen LogP contribution in [0, 0.1) is 138 Å². The van der Waals surface area contributed by atoms with Gasteiger partial charge < -0.3 is 36.5 Å². The van der Waals surface area contributed by atoms with Crippen molar-refractivity contribution in [1.82, 2.24) is 81.4 Å². The fraction of sp³-hybridized carbons (Fsp3) is 0.560. The zero-order chi connectivity index (χ0) is 115. The summed E-state index contributed by atoms with van der Waals surface area (Å²) in [6.07, 6.45) is 22.8. The van der Waals surface area contributed by atoms with E-state index < -0.39 is 0 Å². The lowest BCUT2D eigenvalue weighted by molar-refractivity contribution is 0.569. The van der Waals surface area contributed by atoms with Gasteiger partial charge in [-0.2, -0.15) is 0 Å². The Morgan fingerprint density at radius 1 is 0.300 bits per heavy atom. The van der Waals surface area contributed by atoms with Gasteiger partial charge in [-0.25, -0.2) is 39.9 Å². The fourth-order valence-electron chi connectivity index (χ4n) is 14.9. The van der Waals surface area contributed by atoms with Gasteiger partial charge >= 0.3 is 0 Å². The van der Waals surface area contributed by atoms with Gasteiger partial charge in [-0.1, -0.05) is 145 Å². The molecule has 0 N–H and O–H groups in total. The molecule has 0 aliphatic carbocycles. The van der Waals surface area contributed by atoms with Crippen molar-refractivity contribution in [2.45, 2.75) is 455 Å². The molecule has 0 spiro atoms. The normalized spacial score (nSPS) is 10.8. The van der Waals surface area contributed by atoms with E-state index in [1.807, 2.05) is 174 Å². The summed E-state index contributed by atoms with van der Waals surface area (Å²) in [5.41, 5.74) is 21.3. The molecule has 0 unspecified atom stereocenters. The highest BCUT2D eigenvalue weighted by Gasteiger charge is 2.15. The first kappa shape index (κ1) is 139.